The molecule has 166 valence electrons. The maximum Gasteiger partial charge on any atom is 0.303 e. The number of para-hydroxylation sites is 1. The van der Waals surface area contributed by atoms with Gasteiger partial charge in [-0.3, -0.25) is 19.6 Å². The first-order valence-corrected chi connectivity index (χ1v) is 11.2. The Bertz CT molecular complexity index is 858. The number of likely N-dealkylation sites (tertiary alicyclic amines) is 1. The maximum absolute atomic E-state index is 14.2. The summed E-state index contributed by atoms with van der Waals surface area (Å²) in [5, 5.41) is 9.25. The van der Waals surface area contributed by atoms with Gasteiger partial charge in [-0.1, -0.05) is 18.2 Å². The smallest absolute Gasteiger partial charge is 0.303 e. The molecule has 2 saturated heterocycles. The normalized spacial score (nSPS) is 23.1. The number of pyridine rings is 1. The van der Waals surface area contributed by atoms with Crippen LogP contribution in [0.3, 0.4) is 0 Å². The Morgan fingerprint density at radius 2 is 1.84 bits per heavy atom. The second-order valence-electron chi connectivity index (χ2n) is 8.58. The molecule has 2 aliphatic rings. The van der Waals surface area contributed by atoms with Crippen LogP contribution < -0.4 is 4.90 Å². The van der Waals surface area contributed by atoms with Crippen LogP contribution in [0.2, 0.25) is 0 Å². The summed E-state index contributed by atoms with van der Waals surface area (Å²) in [7, 11) is 0. The standard InChI is InChI=1S/C24H31FN4O2/c25-21-6-1-2-7-23(21)29-15-13-28(14-16-29)22-10-12-27(17-19(22)8-9-24(30)31)18-20-5-3-4-11-26-20/h1-7,11,19,22H,8-10,12-18H2,(H,30,31)/t19-,22+/m0/s1. The van der Waals surface area contributed by atoms with Crippen LogP contribution in [0.1, 0.15) is 25.0 Å². The van der Waals surface area contributed by atoms with Gasteiger partial charge in [-0.25, -0.2) is 4.39 Å². The minimum Gasteiger partial charge on any atom is -0.481 e. The Kier molecular flexibility index (Phi) is 7.14. The molecule has 31 heavy (non-hydrogen) atoms. The molecule has 2 aliphatic heterocycles. The first kappa shape index (κ1) is 21.7. The van der Waals surface area contributed by atoms with Gasteiger partial charge < -0.3 is 10.0 Å². The molecule has 3 heterocycles. The Morgan fingerprint density at radius 3 is 2.55 bits per heavy atom. The highest BCUT2D eigenvalue weighted by Crippen LogP contribution is 2.29. The molecule has 0 bridgehead atoms. The fourth-order valence-electron chi connectivity index (χ4n) is 5.04. The van der Waals surface area contributed by atoms with Gasteiger partial charge in [-0.05, 0) is 43.0 Å². The highest BCUT2D eigenvalue weighted by Gasteiger charge is 2.35. The number of halogens is 1. The molecule has 0 spiro atoms. The number of carboxylic acid groups (broad SMARTS) is 1. The Labute approximate surface area is 183 Å². The van der Waals surface area contributed by atoms with E-state index >= 15 is 0 Å². The monoisotopic (exact) mass is 426 g/mol. The summed E-state index contributed by atoms with van der Waals surface area (Å²) < 4.78 is 14.2. The number of hydrogen-bond acceptors (Lipinski definition) is 5. The van der Waals surface area contributed by atoms with Crippen LogP contribution >= 0.6 is 0 Å². The molecule has 4 rings (SSSR count). The molecular formula is C24H31FN4O2. The topological polar surface area (TPSA) is 59.9 Å². The number of carboxylic acids is 1. The average Bonchev–Trinajstić information content (AvgIpc) is 2.79. The maximum atomic E-state index is 14.2. The number of carbonyl (C=O) groups is 1. The summed E-state index contributed by atoms with van der Waals surface area (Å²) in [4.78, 5) is 22.7. The lowest BCUT2D eigenvalue weighted by Crippen LogP contribution is -2.56. The number of hydrogen-bond donors (Lipinski definition) is 1. The molecule has 1 N–H and O–H groups in total. The van der Waals surface area contributed by atoms with Crippen molar-refractivity contribution in [2.75, 3.05) is 44.2 Å². The average molecular weight is 427 g/mol. The van der Waals surface area contributed by atoms with E-state index in [4.69, 9.17) is 0 Å². The molecule has 1 aromatic heterocycles. The number of piperazine rings is 1. The molecule has 1 aromatic carbocycles. The van der Waals surface area contributed by atoms with Gasteiger partial charge in [0.1, 0.15) is 5.82 Å². The molecule has 2 fully saturated rings. The summed E-state index contributed by atoms with van der Waals surface area (Å²) in [6, 6.07) is 13.3. The summed E-state index contributed by atoms with van der Waals surface area (Å²) in [5.74, 6) is -0.586. The molecule has 0 aliphatic carbocycles. The highest BCUT2D eigenvalue weighted by molar-refractivity contribution is 5.66. The molecule has 2 aromatic rings. The number of aliphatic carboxylic acids is 1. The zero-order chi connectivity index (χ0) is 21.6. The Balaban J connectivity index is 1.38. The van der Waals surface area contributed by atoms with E-state index < -0.39 is 5.97 Å². The summed E-state index contributed by atoms with van der Waals surface area (Å²) in [6.45, 7) is 6.02. The summed E-state index contributed by atoms with van der Waals surface area (Å²) in [5.41, 5.74) is 1.73. The number of aromatic nitrogens is 1. The van der Waals surface area contributed by atoms with Crippen LogP contribution in [0.4, 0.5) is 10.1 Å². The van der Waals surface area contributed by atoms with Crippen molar-refractivity contribution in [1.82, 2.24) is 14.8 Å². The van der Waals surface area contributed by atoms with Crippen LogP contribution in [-0.2, 0) is 11.3 Å². The van der Waals surface area contributed by atoms with E-state index in [0.29, 0.717) is 24.1 Å². The van der Waals surface area contributed by atoms with Crippen LogP contribution in [0.25, 0.3) is 0 Å². The Hall–Kier alpha value is -2.51. The van der Waals surface area contributed by atoms with Gasteiger partial charge in [0.2, 0.25) is 0 Å². The fraction of sp³-hybridized carbons (Fsp3) is 0.500. The van der Waals surface area contributed by atoms with E-state index in [9.17, 15) is 14.3 Å². The molecule has 0 amide bonds. The van der Waals surface area contributed by atoms with Crippen molar-refractivity contribution in [2.45, 2.75) is 31.8 Å². The van der Waals surface area contributed by atoms with Gasteiger partial charge >= 0.3 is 5.97 Å². The molecule has 6 nitrogen and oxygen atoms in total. The van der Waals surface area contributed by atoms with E-state index in [0.717, 1.165) is 57.9 Å². The highest BCUT2D eigenvalue weighted by atomic mass is 19.1. The number of anilines is 1. The molecule has 2 atom stereocenters. The van der Waals surface area contributed by atoms with Crippen molar-refractivity contribution >= 4 is 11.7 Å². The number of nitrogens with zero attached hydrogens (tertiary/aromatic N) is 4. The fourth-order valence-corrected chi connectivity index (χ4v) is 5.04. The lowest BCUT2D eigenvalue weighted by Gasteiger charge is -2.47. The van der Waals surface area contributed by atoms with Crippen molar-refractivity contribution < 1.29 is 14.3 Å². The van der Waals surface area contributed by atoms with Gasteiger partial charge in [-0.2, -0.15) is 0 Å². The second-order valence-corrected chi connectivity index (χ2v) is 8.58. The van der Waals surface area contributed by atoms with E-state index in [1.54, 1.807) is 6.07 Å². The lowest BCUT2D eigenvalue weighted by atomic mass is 9.86. The van der Waals surface area contributed by atoms with Crippen molar-refractivity contribution in [3.63, 3.8) is 0 Å². The molecule has 7 heteroatoms. The SMILES string of the molecule is O=C(O)CC[C@H]1CN(Cc2ccccn2)CC[C@H]1N1CCN(c2ccccc2F)CC1. The molecule has 0 radical (unpaired) electrons. The van der Waals surface area contributed by atoms with Gasteiger partial charge in [-0.15, -0.1) is 0 Å². The predicted octanol–water partition coefficient (Wildman–Crippen LogP) is 3.10. The molecule has 0 unspecified atom stereocenters. The zero-order valence-corrected chi connectivity index (χ0v) is 17.9. The van der Waals surface area contributed by atoms with Crippen LogP contribution in [0.15, 0.2) is 48.7 Å². The summed E-state index contributed by atoms with van der Waals surface area (Å²) in [6.07, 6.45) is 3.73. The first-order valence-electron chi connectivity index (χ1n) is 11.2. The van der Waals surface area contributed by atoms with Crippen molar-refractivity contribution in [3.8, 4) is 0 Å². The van der Waals surface area contributed by atoms with E-state index in [2.05, 4.69) is 19.7 Å². The minimum absolute atomic E-state index is 0.168. The number of rotatable bonds is 7. The van der Waals surface area contributed by atoms with Gasteiger partial charge in [0.15, 0.2) is 0 Å². The quantitative estimate of drug-likeness (QED) is 0.734. The number of benzene rings is 1. The minimum atomic E-state index is -0.732. The van der Waals surface area contributed by atoms with E-state index in [-0.39, 0.29) is 12.2 Å². The largest absolute Gasteiger partial charge is 0.481 e. The van der Waals surface area contributed by atoms with Gasteiger partial charge in [0.05, 0.1) is 11.4 Å². The molecule has 0 saturated carbocycles. The van der Waals surface area contributed by atoms with E-state index in [1.807, 2.05) is 36.5 Å². The van der Waals surface area contributed by atoms with Gasteiger partial charge in [0.25, 0.3) is 0 Å². The predicted molar refractivity (Wildman–Crippen MR) is 118 cm³/mol. The Morgan fingerprint density at radius 1 is 1.06 bits per heavy atom. The van der Waals surface area contributed by atoms with Gasteiger partial charge in [0, 0.05) is 64.5 Å². The third kappa shape index (κ3) is 5.60. The lowest BCUT2D eigenvalue weighted by molar-refractivity contribution is -0.137. The second kappa shape index (κ2) is 10.2. The summed E-state index contributed by atoms with van der Waals surface area (Å²) >= 11 is 0. The third-order valence-corrected chi connectivity index (χ3v) is 6.60. The van der Waals surface area contributed by atoms with Crippen LogP contribution in [0.5, 0.6) is 0 Å². The van der Waals surface area contributed by atoms with Crippen LogP contribution in [0, 0.1) is 11.7 Å². The van der Waals surface area contributed by atoms with Crippen molar-refractivity contribution in [1.29, 1.82) is 0 Å². The van der Waals surface area contributed by atoms with E-state index in [1.165, 1.54) is 6.07 Å². The molecular weight excluding hydrogens is 395 g/mol. The third-order valence-electron chi connectivity index (χ3n) is 6.60. The van der Waals surface area contributed by atoms with Crippen molar-refractivity contribution in [3.05, 3.63) is 60.2 Å². The number of piperidine rings is 1. The van der Waals surface area contributed by atoms with Crippen molar-refractivity contribution in [2.24, 2.45) is 5.92 Å². The van der Waals surface area contributed by atoms with Crippen LogP contribution in [-0.4, -0.2) is 71.2 Å². The zero-order valence-electron chi connectivity index (χ0n) is 17.9. The first-order chi connectivity index (χ1) is 15.1.